The lowest BCUT2D eigenvalue weighted by Crippen LogP contribution is -2.40. The Kier molecular flexibility index (Phi) is 7.56. The van der Waals surface area contributed by atoms with Crippen molar-refractivity contribution in [1.82, 2.24) is 10.9 Å². The number of ether oxygens (including phenoxy) is 1. The summed E-state index contributed by atoms with van der Waals surface area (Å²) in [5, 5.41) is 17.3. The average Bonchev–Trinajstić information content (AvgIpc) is 2.31. The first-order valence-corrected chi connectivity index (χ1v) is 4.57. The first-order chi connectivity index (χ1) is 7.67. The smallest absolute Gasteiger partial charge is 0.426 e. The Morgan fingerprint density at radius 3 is 2.38 bits per heavy atom. The van der Waals surface area contributed by atoms with Crippen LogP contribution in [0.1, 0.15) is 0 Å². The van der Waals surface area contributed by atoms with E-state index in [9.17, 15) is 4.79 Å². The first kappa shape index (κ1) is 14.2. The van der Waals surface area contributed by atoms with Gasteiger partial charge in [-0.05, 0) is 12.2 Å². The van der Waals surface area contributed by atoms with Crippen LogP contribution in [0.25, 0.3) is 0 Å². The van der Waals surface area contributed by atoms with Gasteiger partial charge in [-0.2, -0.15) is 0 Å². The summed E-state index contributed by atoms with van der Waals surface area (Å²) in [6.45, 7) is 6.09. The summed E-state index contributed by atoms with van der Waals surface area (Å²) in [5.41, 5.74) is 5.23. The minimum Gasteiger partial charge on any atom is -0.440 e. The Hall–Kier alpha value is -1.79. The van der Waals surface area contributed by atoms with E-state index in [4.69, 9.17) is 10.2 Å². The number of nitrogens with one attached hydrogen (secondary N) is 2. The fourth-order valence-corrected chi connectivity index (χ4v) is 0.724. The van der Waals surface area contributed by atoms with Gasteiger partial charge in [0.05, 0.1) is 18.9 Å². The van der Waals surface area contributed by atoms with Crippen LogP contribution in [0.5, 0.6) is 0 Å². The van der Waals surface area contributed by atoms with E-state index in [2.05, 4.69) is 28.7 Å². The molecule has 6 nitrogen and oxygen atoms in total. The van der Waals surface area contributed by atoms with Gasteiger partial charge in [0.15, 0.2) is 0 Å². The number of amides is 1. The summed E-state index contributed by atoms with van der Waals surface area (Å²) in [5.74, 6) is 0. The van der Waals surface area contributed by atoms with E-state index in [0.29, 0.717) is 5.70 Å². The Morgan fingerprint density at radius 2 is 1.94 bits per heavy atom. The van der Waals surface area contributed by atoms with Crippen molar-refractivity contribution >= 4 is 6.09 Å². The van der Waals surface area contributed by atoms with Crippen molar-refractivity contribution in [3.63, 3.8) is 0 Å². The van der Waals surface area contributed by atoms with E-state index in [1.54, 1.807) is 6.08 Å². The summed E-state index contributed by atoms with van der Waals surface area (Å²) in [7, 11) is 0. The molecule has 0 spiro atoms. The zero-order valence-corrected chi connectivity index (χ0v) is 8.85. The van der Waals surface area contributed by atoms with Crippen molar-refractivity contribution in [2.45, 2.75) is 6.10 Å². The van der Waals surface area contributed by atoms with Crippen LogP contribution in [0.4, 0.5) is 4.79 Å². The second-order valence-electron chi connectivity index (χ2n) is 2.70. The lowest BCUT2D eigenvalue weighted by atomic mass is 10.4. The number of allylic oxidation sites excluding steroid dienone is 3. The largest absolute Gasteiger partial charge is 0.440 e. The molecule has 0 radical (unpaired) electrons. The molecule has 0 heterocycles. The van der Waals surface area contributed by atoms with Crippen LogP contribution < -0.4 is 10.9 Å². The molecule has 0 saturated heterocycles. The minimum absolute atomic E-state index is 0.444. The maximum atomic E-state index is 11.1. The fourth-order valence-electron chi connectivity index (χ4n) is 0.724. The molecule has 0 aromatic heterocycles. The van der Waals surface area contributed by atoms with Crippen LogP contribution in [-0.2, 0) is 4.74 Å². The van der Waals surface area contributed by atoms with Crippen molar-refractivity contribution in [3.8, 4) is 0 Å². The van der Waals surface area contributed by atoms with Crippen LogP contribution in [0, 0.1) is 0 Å². The molecule has 1 amide bonds. The zero-order chi connectivity index (χ0) is 12.4. The van der Waals surface area contributed by atoms with Crippen LogP contribution in [0.2, 0.25) is 0 Å². The predicted molar refractivity (Wildman–Crippen MR) is 59.2 cm³/mol. The van der Waals surface area contributed by atoms with E-state index in [0.717, 1.165) is 0 Å². The molecule has 90 valence electrons. The number of rotatable bonds is 7. The summed E-state index contributed by atoms with van der Waals surface area (Å²) < 4.78 is 4.62. The number of aliphatic hydroxyl groups is 2. The van der Waals surface area contributed by atoms with Crippen LogP contribution in [0.15, 0.2) is 37.1 Å². The van der Waals surface area contributed by atoms with E-state index >= 15 is 0 Å². The second-order valence-corrected chi connectivity index (χ2v) is 2.70. The van der Waals surface area contributed by atoms with E-state index < -0.39 is 25.4 Å². The van der Waals surface area contributed by atoms with E-state index in [1.165, 1.54) is 12.2 Å². The SMILES string of the molecule is C=C/C=C(\C=C)NNC(=O)OC(CO)CO. The van der Waals surface area contributed by atoms with Gasteiger partial charge in [-0.1, -0.05) is 19.2 Å². The number of hydrogen-bond acceptors (Lipinski definition) is 5. The van der Waals surface area contributed by atoms with Crippen molar-refractivity contribution in [3.05, 3.63) is 37.1 Å². The number of carbonyl (C=O) groups is 1. The van der Waals surface area contributed by atoms with Gasteiger partial charge in [0.1, 0.15) is 6.10 Å². The Bertz CT molecular complexity index is 272. The van der Waals surface area contributed by atoms with E-state index in [-0.39, 0.29) is 0 Å². The molecular formula is C10H16N2O4. The molecule has 0 saturated carbocycles. The summed E-state index contributed by atoms with van der Waals surface area (Å²) in [6, 6.07) is 0. The predicted octanol–water partition coefficient (Wildman–Crippen LogP) is -0.174. The van der Waals surface area contributed by atoms with Gasteiger partial charge in [0.2, 0.25) is 0 Å². The van der Waals surface area contributed by atoms with Crippen LogP contribution in [0.3, 0.4) is 0 Å². The summed E-state index contributed by atoms with van der Waals surface area (Å²) in [4.78, 5) is 11.1. The van der Waals surface area contributed by atoms with Gasteiger partial charge in [-0.15, -0.1) is 0 Å². The van der Waals surface area contributed by atoms with Gasteiger partial charge in [0.25, 0.3) is 0 Å². The van der Waals surface area contributed by atoms with Gasteiger partial charge in [-0.3, -0.25) is 5.43 Å². The lowest BCUT2D eigenvalue weighted by Gasteiger charge is -2.14. The monoisotopic (exact) mass is 228 g/mol. The summed E-state index contributed by atoms with van der Waals surface area (Å²) >= 11 is 0. The van der Waals surface area contributed by atoms with E-state index in [1.807, 2.05) is 0 Å². The molecular weight excluding hydrogens is 212 g/mol. The van der Waals surface area contributed by atoms with Crippen molar-refractivity contribution in [2.75, 3.05) is 13.2 Å². The molecule has 0 aliphatic carbocycles. The third-order valence-electron chi connectivity index (χ3n) is 1.51. The topological polar surface area (TPSA) is 90.8 Å². The number of hydrazine groups is 1. The third kappa shape index (κ3) is 5.84. The van der Waals surface area contributed by atoms with Crippen LogP contribution >= 0.6 is 0 Å². The van der Waals surface area contributed by atoms with Gasteiger partial charge in [-0.25, -0.2) is 10.2 Å². The molecule has 0 bridgehead atoms. The van der Waals surface area contributed by atoms with Crippen molar-refractivity contribution in [2.24, 2.45) is 0 Å². The Balaban J connectivity index is 4.01. The first-order valence-electron chi connectivity index (χ1n) is 4.57. The molecule has 6 heteroatoms. The maximum absolute atomic E-state index is 11.1. The zero-order valence-electron chi connectivity index (χ0n) is 8.85. The standard InChI is InChI=1S/C10H16N2O4/c1-3-5-8(4-2)11-12-10(15)16-9(6-13)7-14/h3-5,9,11,13-14H,1-2,6-7H2,(H,12,15)/b8-5+. The molecule has 4 N–H and O–H groups in total. The average molecular weight is 228 g/mol. The molecule has 0 rings (SSSR count). The van der Waals surface area contributed by atoms with Crippen LogP contribution in [-0.4, -0.2) is 35.6 Å². The molecule has 0 atom stereocenters. The molecule has 0 aliphatic heterocycles. The fraction of sp³-hybridized carbons (Fsp3) is 0.300. The lowest BCUT2D eigenvalue weighted by molar-refractivity contribution is 0.0211. The highest BCUT2D eigenvalue weighted by Crippen LogP contribution is 1.91. The van der Waals surface area contributed by atoms with Crippen molar-refractivity contribution in [1.29, 1.82) is 0 Å². The second kappa shape index (κ2) is 8.51. The minimum atomic E-state index is -0.933. The molecule has 0 aromatic rings. The number of aliphatic hydroxyl groups excluding tert-OH is 2. The Morgan fingerprint density at radius 1 is 1.31 bits per heavy atom. The maximum Gasteiger partial charge on any atom is 0.426 e. The highest BCUT2D eigenvalue weighted by Gasteiger charge is 2.11. The van der Waals surface area contributed by atoms with Crippen molar-refractivity contribution < 1.29 is 19.7 Å². The molecule has 0 aliphatic rings. The normalized spacial score (nSPS) is 10.8. The highest BCUT2D eigenvalue weighted by atomic mass is 16.6. The van der Waals surface area contributed by atoms with Gasteiger partial charge < -0.3 is 14.9 Å². The third-order valence-corrected chi connectivity index (χ3v) is 1.51. The molecule has 0 fully saturated rings. The van der Waals surface area contributed by atoms with Gasteiger partial charge in [0, 0.05) is 0 Å². The quantitative estimate of drug-likeness (QED) is 0.358. The molecule has 0 unspecified atom stereocenters. The summed E-state index contributed by atoms with van der Waals surface area (Å²) in [6.07, 6.45) is 2.82. The molecule has 0 aromatic carbocycles. The molecule has 16 heavy (non-hydrogen) atoms. The highest BCUT2D eigenvalue weighted by molar-refractivity contribution is 5.67. The number of carbonyl (C=O) groups excluding carboxylic acids is 1. The van der Waals surface area contributed by atoms with Gasteiger partial charge >= 0.3 is 6.09 Å². The Labute approximate surface area is 93.9 Å². The number of hydrogen-bond donors (Lipinski definition) is 4.